The zero-order valence-electron chi connectivity index (χ0n) is 12.0. The number of carbonyl (C=O) groups excluding carboxylic acids is 1. The number of carbonyl (C=O) groups is 1. The first-order chi connectivity index (χ1) is 9.68. The Morgan fingerprint density at radius 3 is 2.65 bits per heavy atom. The lowest BCUT2D eigenvalue weighted by Gasteiger charge is -2.22. The average molecular weight is 265 g/mol. The van der Waals surface area contributed by atoms with Crippen LogP contribution in [0.3, 0.4) is 0 Å². The lowest BCUT2D eigenvalue weighted by molar-refractivity contribution is -0.118. The first-order valence-electron chi connectivity index (χ1n) is 7.13. The van der Waals surface area contributed by atoms with Gasteiger partial charge in [-0.3, -0.25) is 4.79 Å². The molecule has 1 aliphatic rings. The lowest BCUT2D eigenvalue weighted by Crippen LogP contribution is -2.26. The van der Waals surface area contributed by atoms with E-state index < -0.39 is 0 Å². The minimum atomic E-state index is 0.199. The summed E-state index contributed by atoms with van der Waals surface area (Å²) in [5.74, 6) is 0.199. The average Bonchev–Trinajstić information content (AvgIpc) is 2.51. The van der Waals surface area contributed by atoms with Crippen molar-refractivity contribution < 1.29 is 4.79 Å². The van der Waals surface area contributed by atoms with Gasteiger partial charge in [0.15, 0.2) is 0 Å². The van der Waals surface area contributed by atoms with Gasteiger partial charge in [-0.2, -0.15) is 0 Å². The van der Waals surface area contributed by atoms with Crippen LogP contribution in [-0.2, 0) is 11.2 Å². The maximum Gasteiger partial charge on any atom is 0.226 e. The predicted octanol–water partition coefficient (Wildman–Crippen LogP) is 3.96. The molecule has 2 heteroatoms. The van der Waals surface area contributed by atoms with Gasteiger partial charge in [-0.1, -0.05) is 36.4 Å². The molecule has 0 atom stereocenters. The molecule has 2 aromatic carbocycles. The van der Waals surface area contributed by atoms with E-state index in [-0.39, 0.29) is 5.91 Å². The maximum absolute atomic E-state index is 12.3. The molecular formula is C18H19NO. The number of hydrogen-bond donors (Lipinski definition) is 0. The van der Waals surface area contributed by atoms with Crippen LogP contribution in [0.2, 0.25) is 0 Å². The summed E-state index contributed by atoms with van der Waals surface area (Å²) in [6, 6.07) is 14.7. The maximum atomic E-state index is 12.3. The van der Waals surface area contributed by atoms with E-state index in [1.807, 2.05) is 24.1 Å². The fourth-order valence-electron chi connectivity index (χ4n) is 3.00. The van der Waals surface area contributed by atoms with Crippen molar-refractivity contribution in [2.75, 3.05) is 11.9 Å². The van der Waals surface area contributed by atoms with E-state index in [1.54, 1.807) is 0 Å². The second-order valence-corrected chi connectivity index (χ2v) is 5.43. The van der Waals surface area contributed by atoms with Gasteiger partial charge in [0, 0.05) is 19.0 Å². The van der Waals surface area contributed by atoms with Crippen LogP contribution in [0, 0.1) is 6.92 Å². The first-order valence-corrected chi connectivity index (χ1v) is 7.13. The van der Waals surface area contributed by atoms with Crippen molar-refractivity contribution in [1.82, 2.24) is 0 Å². The molecule has 0 saturated heterocycles. The van der Waals surface area contributed by atoms with Gasteiger partial charge >= 0.3 is 0 Å². The molecule has 0 unspecified atom stereocenters. The van der Waals surface area contributed by atoms with Gasteiger partial charge in [-0.05, 0) is 42.5 Å². The van der Waals surface area contributed by atoms with Gasteiger partial charge in [0.05, 0.1) is 5.69 Å². The normalized spacial score (nSPS) is 14.9. The Labute approximate surface area is 120 Å². The first kappa shape index (κ1) is 12.9. The SMILES string of the molecule is Cc1cccc2c1-c1ccccc1CCCC(=O)N2C. The summed E-state index contributed by atoms with van der Waals surface area (Å²) in [5.41, 5.74) is 6.04. The largest absolute Gasteiger partial charge is 0.315 e. The van der Waals surface area contributed by atoms with Gasteiger partial charge in [0.2, 0.25) is 5.91 Å². The van der Waals surface area contributed by atoms with E-state index in [1.165, 1.54) is 22.3 Å². The Hall–Kier alpha value is -2.09. The molecule has 0 fully saturated rings. The zero-order chi connectivity index (χ0) is 14.1. The van der Waals surface area contributed by atoms with Gasteiger partial charge in [-0.25, -0.2) is 0 Å². The molecule has 102 valence electrons. The Balaban J connectivity index is 2.30. The molecule has 0 bridgehead atoms. The minimum absolute atomic E-state index is 0.199. The van der Waals surface area contributed by atoms with Crippen LogP contribution < -0.4 is 4.90 Å². The molecule has 20 heavy (non-hydrogen) atoms. The second kappa shape index (κ2) is 5.12. The van der Waals surface area contributed by atoms with Crippen LogP contribution in [0.1, 0.15) is 24.0 Å². The van der Waals surface area contributed by atoms with Crippen molar-refractivity contribution in [3.63, 3.8) is 0 Å². The standard InChI is InChI=1S/C18H19NO/c1-13-7-5-11-16-18(13)15-10-4-3-8-14(15)9-6-12-17(20)19(16)2/h3-5,7-8,10-11H,6,9,12H2,1-2H3. The predicted molar refractivity (Wildman–Crippen MR) is 83.0 cm³/mol. The summed E-state index contributed by atoms with van der Waals surface area (Å²) in [4.78, 5) is 14.1. The van der Waals surface area contributed by atoms with Crippen molar-refractivity contribution >= 4 is 11.6 Å². The molecule has 1 heterocycles. The van der Waals surface area contributed by atoms with Gasteiger partial charge in [0.25, 0.3) is 0 Å². The molecule has 0 aromatic heterocycles. The van der Waals surface area contributed by atoms with Gasteiger partial charge in [0.1, 0.15) is 0 Å². The number of amides is 1. The third kappa shape index (κ3) is 2.11. The summed E-state index contributed by atoms with van der Waals surface area (Å²) in [6.07, 6.45) is 2.48. The van der Waals surface area contributed by atoms with Crippen molar-refractivity contribution in [1.29, 1.82) is 0 Å². The van der Waals surface area contributed by atoms with Crippen molar-refractivity contribution in [3.05, 3.63) is 53.6 Å². The smallest absolute Gasteiger partial charge is 0.226 e. The number of benzene rings is 2. The molecule has 2 aromatic rings. The van der Waals surface area contributed by atoms with E-state index in [0.717, 1.165) is 18.5 Å². The highest BCUT2D eigenvalue weighted by molar-refractivity contribution is 5.98. The van der Waals surface area contributed by atoms with Gasteiger partial charge < -0.3 is 4.90 Å². The van der Waals surface area contributed by atoms with Crippen LogP contribution in [0.5, 0.6) is 0 Å². The molecular weight excluding hydrogens is 246 g/mol. The highest BCUT2D eigenvalue weighted by Gasteiger charge is 2.20. The molecule has 0 N–H and O–H groups in total. The molecule has 0 aliphatic carbocycles. The van der Waals surface area contributed by atoms with Crippen molar-refractivity contribution in [2.45, 2.75) is 26.2 Å². The summed E-state index contributed by atoms with van der Waals surface area (Å²) >= 11 is 0. The number of aryl methyl sites for hydroxylation is 2. The summed E-state index contributed by atoms with van der Waals surface area (Å²) in [6.45, 7) is 2.12. The fraction of sp³-hybridized carbons (Fsp3) is 0.278. The van der Waals surface area contributed by atoms with Crippen LogP contribution >= 0.6 is 0 Å². The van der Waals surface area contributed by atoms with E-state index in [9.17, 15) is 4.79 Å². The number of fused-ring (bicyclic) bond motifs is 3. The highest BCUT2D eigenvalue weighted by Crippen LogP contribution is 2.37. The molecule has 1 aliphatic heterocycles. The number of hydrogen-bond acceptors (Lipinski definition) is 1. The molecule has 0 spiro atoms. The fourth-order valence-corrected chi connectivity index (χ4v) is 3.00. The lowest BCUT2D eigenvalue weighted by atomic mass is 9.92. The number of anilines is 1. The third-order valence-electron chi connectivity index (χ3n) is 4.11. The Bertz CT molecular complexity index is 660. The summed E-state index contributed by atoms with van der Waals surface area (Å²) in [5, 5.41) is 0. The minimum Gasteiger partial charge on any atom is -0.315 e. The van der Waals surface area contributed by atoms with E-state index in [0.29, 0.717) is 6.42 Å². The van der Waals surface area contributed by atoms with Crippen molar-refractivity contribution in [2.24, 2.45) is 0 Å². The van der Waals surface area contributed by atoms with Crippen LogP contribution in [0.25, 0.3) is 11.1 Å². The molecule has 0 radical (unpaired) electrons. The quantitative estimate of drug-likeness (QED) is 0.706. The Morgan fingerprint density at radius 1 is 1.00 bits per heavy atom. The molecule has 3 rings (SSSR count). The van der Waals surface area contributed by atoms with E-state index in [4.69, 9.17) is 0 Å². The number of rotatable bonds is 0. The number of nitrogens with zero attached hydrogens (tertiary/aromatic N) is 1. The summed E-state index contributed by atoms with van der Waals surface area (Å²) < 4.78 is 0. The monoisotopic (exact) mass is 265 g/mol. The molecule has 1 amide bonds. The second-order valence-electron chi connectivity index (χ2n) is 5.43. The third-order valence-corrected chi connectivity index (χ3v) is 4.11. The van der Waals surface area contributed by atoms with Gasteiger partial charge in [-0.15, -0.1) is 0 Å². The van der Waals surface area contributed by atoms with E-state index in [2.05, 4.69) is 37.3 Å². The Kier molecular flexibility index (Phi) is 3.31. The molecule has 2 nitrogen and oxygen atoms in total. The topological polar surface area (TPSA) is 20.3 Å². The van der Waals surface area contributed by atoms with Crippen molar-refractivity contribution in [3.8, 4) is 11.1 Å². The highest BCUT2D eigenvalue weighted by atomic mass is 16.2. The summed E-state index contributed by atoms with van der Waals surface area (Å²) in [7, 11) is 1.88. The van der Waals surface area contributed by atoms with Crippen LogP contribution in [0.4, 0.5) is 5.69 Å². The Morgan fingerprint density at radius 2 is 1.80 bits per heavy atom. The van der Waals surface area contributed by atoms with E-state index >= 15 is 0 Å². The zero-order valence-corrected chi connectivity index (χ0v) is 12.0. The van der Waals surface area contributed by atoms with Crippen LogP contribution in [-0.4, -0.2) is 13.0 Å². The van der Waals surface area contributed by atoms with Crippen LogP contribution in [0.15, 0.2) is 42.5 Å². The molecule has 0 saturated carbocycles.